The molecule has 0 spiro atoms. The van der Waals surface area contributed by atoms with E-state index in [1.165, 1.54) is 15.4 Å². The third kappa shape index (κ3) is 6.06. The third-order valence-electron chi connectivity index (χ3n) is 5.04. The summed E-state index contributed by atoms with van der Waals surface area (Å²) in [7, 11) is 0. The van der Waals surface area contributed by atoms with Crippen LogP contribution in [0.3, 0.4) is 0 Å². The number of ether oxygens (including phenoxy) is 1. The van der Waals surface area contributed by atoms with Crippen LogP contribution in [0.25, 0.3) is 0 Å². The Labute approximate surface area is 183 Å². The van der Waals surface area contributed by atoms with Crippen molar-refractivity contribution in [3.05, 3.63) is 54.1 Å². The van der Waals surface area contributed by atoms with Crippen molar-refractivity contribution in [1.82, 2.24) is 9.80 Å². The van der Waals surface area contributed by atoms with Crippen LogP contribution in [0.1, 0.15) is 12.5 Å². The quantitative estimate of drug-likeness (QED) is 0.536. The van der Waals surface area contributed by atoms with Gasteiger partial charge in [0, 0.05) is 54.6 Å². The van der Waals surface area contributed by atoms with Crippen molar-refractivity contribution in [2.45, 2.75) is 16.7 Å². The summed E-state index contributed by atoms with van der Waals surface area (Å²) < 4.78 is 5.44. The standard InChI is InChI=1S/C23H32N4O2S/c1-2-27(14-13-26(12-11-24)15-17-29-18-16-28)23-19-7-3-5-9-21(19)30-22-10-6-4-8-20(22)25-23/h3-10,28H,2,11-18,24H2,1H3. The predicted octanol–water partition coefficient (Wildman–Crippen LogP) is 2.82. The van der Waals surface area contributed by atoms with Gasteiger partial charge < -0.3 is 20.5 Å². The van der Waals surface area contributed by atoms with E-state index in [1.807, 2.05) is 6.07 Å². The van der Waals surface area contributed by atoms with Gasteiger partial charge in [0.2, 0.25) is 0 Å². The largest absolute Gasteiger partial charge is 0.394 e. The molecule has 3 N–H and O–H groups in total. The summed E-state index contributed by atoms with van der Waals surface area (Å²) in [6.07, 6.45) is 0. The summed E-state index contributed by atoms with van der Waals surface area (Å²) in [5.74, 6) is 1.02. The Bertz CT molecular complexity index is 830. The van der Waals surface area contributed by atoms with E-state index in [0.717, 1.165) is 44.2 Å². The van der Waals surface area contributed by atoms with Gasteiger partial charge in [0.1, 0.15) is 5.84 Å². The molecule has 0 fully saturated rings. The first-order valence-electron chi connectivity index (χ1n) is 10.6. The van der Waals surface area contributed by atoms with E-state index in [4.69, 9.17) is 20.6 Å². The van der Waals surface area contributed by atoms with Crippen LogP contribution >= 0.6 is 11.8 Å². The molecule has 0 radical (unpaired) electrons. The number of para-hydroxylation sites is 1. The van der Waals surface area contributed by atoms with E-state index in [9.17, 15) is 0 Å². The Balaban J connectivity index is 1.78. The van der Waals surface area contributed by atoms with Gasteiger partial charge in [-0.2, -0.15) is 0 Å². The number of rotatable bonds is 11. The lowest BCUT2D eigenvalue weighted by molar-refractivity contribution is 0.0732. The van der Waals surface area contributed by atoms with Crippen molar-refractivity contribution in [2.75, 3.05) is 59.1 Å². The number of aliphatic hydroxyl groups excluding tert-OH is 1. The number of nitrogens with two attached hydrogens (primary N) is 1. The highest BCUT2D eigenvalue weighted by Crippen LogP contribution is 2.40. The van der Waals surface area contributed by atoms with Crippen LogP contribution in [0.15, 0.2) is 63.3 Å². The number of nitrogens with zero attached hydrogens (tertiary/aromatic N) is 3. The first-order chi connectivity index (χ1) is 14.8. The molecule has 0 bridgehead atoms. The van der Waals surface area contributed by atoms with Crippen LogP contribution in [-0.2, 0) is 4.74 Å². The van der Waals surface area contributed by atoms with Gasteiger partial charge in [-0.25, -0.2) is 4.99 Å². The van der Waals surface area contributed by atoms with Gasteiger partial charge in [0.25, 0.3) is 0 Å². The number of fused-ring (bicyclic) bond motifs is 2. The molecular formula is C23H32N4O2S. The lowest BCUT2D eigenvalue weighted by Crippen LogP contribution is -2.41. The molecule has 0 amide bonds. The molecule has 0 unspecified atom stereocenters. The van der Waals surface area contributed by atoms with Gasteiger partial charge in [-0.05, 0) is 25.1 Å². The van der Waals surface area contributed by atoms with Gasteiger partial charge in [-0.3, -0.25) is 4.90 Å². The van der Waals surface area contributed by atoms with Crippen molar-refractivity contribution in [2.24, 2.45) is 10.7 Å². The Morgan fingerprint density at radius 3 is 2.50 bits per heavy atom. The number of likely N-dealkylation sites (N-methyl/N-ethyl adjacent to an activating group) is 1. The molecule has 3 rings (SSSR count). The minimum atomic E-state index is 0.0548. The highest BCUT2D eigenvalue weighted by Gasteiger charge is 2.21. The van der Waals surface area contributed by atoms with Gasteiger partial charge in [0.15, 0.2) is 0 Å². The second-order valence-electron chi connectivity index (χ2n) is 7.05. The monoisotopic (exact) mass is 428 g/mol. The van der Waals surface area contributed by atoms with Crippen molar-refractivity contribution in [3.8, 4) is 0 Å². The van der Waals surface area contributed by atoms with Gasteiger partial charge in [-0.1, -0.05) is 42.1 Å². The fourth-order valence-electron chi connectivity index (χ4n) is 3.46. The van der Waals surface area contributed by atoms with Crippen LogP contribution in [-0.4, -0.2) is 79.8 Å². The van der Waals surface area contributed by atoms with Crippen LogP contribution in [0.5, 0.6) is 0 Å². The molecule has 0 saturated heterocycles. The summed E-state index contributed by atoms with van der Waals surface area (Å²) in [6, 6.07) is 16.8. The van der Waals surface area contributed by atoms with E-state index in [1.54, 1.807) is 11.8 Å². The number of hydrogen-bond acceptors (Lipinski definition) is 7. The lowest BCUT2D eigenvalue weighted by atomic mass is 10.1. The normalized spacial score (nSPS) is 12.9. The molecule has 162 valence electrons. The number of benzene rings is 2. The van der Waals surface area contributed by atoms with E-state index < -0.39 is 0 Å². The summed E-state index contributed by atoms with van der Waals surface area (Å²) in [5, 5.41) is 8.88. The number of aliphatic imine (C=N–C) groups is 1. The maximum Gasteiger partial charge on any atom is 0.137 e. The zero-order chi connectivity index (χ0) is 21.2. The molecule has 1 aliphatic heterocycles. The first kappa shape index (κ1) is 22.8. The highest BCUT2D eigenvalue weighted by molar-refractivity contribution is 7.99. The Morgan fingerprint density at radius 1 is 0.967 bits per heavy atom. The van der Waals surface area contributed by atoms with Gasteiger partial charge in [0.05, 0.1) is 25.5 Å². The van der Waals surface area contributed by atoms with Crippen LogP contribution < -0.4 is 5.73 Å². The molecule has 30 heavy (non-hydrogen) atoms. The van der Waals surface area contributed by atoms with Gasteiger partial charge >= 0.3 is 0 Å². The number of amidine groups is 1. The molecular weight excluding hydrogens is 396 g/mol. The van der Waals surface area contributed by atoms with Gasteiger partial charge in [-0.15, -0.1) is 0 Å². The summed E-state index contributed by atoms with van der Waals surface area (Å²) in [6.45, 7) is 8.05. The molecule has 7 heteroatoms. The zero-order valence-electron chi connectivity index (χ0n) is 17.7. The minimum absolute atomic E-state index is 0.0548. The molecule has 0 saturated carbocycles. The average Bonchev–Trinajstić information content (AvgIpc) is 2.94. The SMILES string of the molecule is CCN(CCN(CCN)CCOCCO)C1=Nc2ccccc2Sc2ccccc21. The molecule has 0 atom stereocenters. The van der Waals surface area contributed by atoms with Crippen molar-refractivity contribution in [3.63, 3.8) is 0 Å². The van der Waals surface area contributed by atoms with Crippen LogP contribution in [0.2, 0.25) is 0 Å². The van der Waals surface area contributed by atoms with Crippen molar-refractivity contribution in [1.29, 1.82) is 0 Å². The van der Waals surface area contributed by atoms with Crippen molar-refractivity contribution >= 4 is 23.3 Å². The molecule has 0 aromatic heterocycles. The molecule has 1 heterocycles. The highest BCUT2D eigenvalue weighted by atomic mass is 32.2. The maximum absolute atomic E-state index is 8.88. The second kappa shape index (κ2) is 12.1. The lowest BCUT2D eigenvalue weighted by Gasteiger charge is -2.29. The maximum atomic E-state index is 8.88. The van der Waals surface area contributed by atoms with E-state index >= 15 is 0 Å². The Morgan fingerprint density at radius 2 is 1.73 bits per heavy atom. The summed E-state index contributed by atoms with van der Waals surface area (Å²) in [5.41, 5.74) is 8.01. The van der Waals surface area contributed by atoms with Crippen LogP contribution in [0.4, 0.5) is 5.69 Å². The molecule has 2 aromatic carbocycles. The minimum Gasteiger partial charge on any atom is -0.394 e. The smallest absolute Gasteiger partial charge is 0.137 e. The topological polar surface area (TPSA) is 74.3 Å². The molecule has 6 nitrogen and oxygen atoms in total. The van der Waals surface area contributed by atoms with Crippen LogP contribution in [0, 0.1) is 0 Å². The molecule has 1 aliphatic rings. The summed E-state index contributed by atoms with van der Waals surface area (Å²) in [4.78, 5) is 12.2. The van der Waals surface area contributed by atoms with Crippen molar-refractivity contribution < 1.29 is 9.84 Å². The predicted molar refractivity (Wildman–Crippen MR) is 124 cm³/mol. The molecule has 0 aliphatic carbocycles. The third-order valence-corrected chi connectivity index (χ3v) is 6.18. The average molecular weight is 429 g/mol. The Hall–Kier alpha value is -1.90. The summed E-state index contributed by atoms with van der Waals surface area (Å²) >= 11 is 1.78. The van der Waals surface area contributed by atoms with E-state index in [2.05, 4.69) is 59.2 Å². The fraction of sp³-hybridized carbons (Fsp3) is 0.435. The Kier molecular flexibility index (Phi) is 9.17. The zero-order valence-corrected chi connectivity index (χ0v) is 18.5. The fourth-order valence-corrected chi connectivity index (χ4v) is 4.48. The van der Waals surface area contributed by atoms with E-state index in [-0.39, 0.29) is 6.61 Å². The number of hydrogen-bond donors (Lipinski definition) is 2. The van der Waals surface area contributed by atoms with E-state index in [0.29, 0.717) is 19.8 Å². The second-order valence-corrected chi connectivity index (χ2v) is 8.13. The number of aliphatic hydroxyl groups is 1. The first-order valence-corrected chi connectivity index (χ1v) is 11.4. The molecule has 2 aromatic rings.